The van der Waals surface area contributed by atoms with Gasteiger partial charge in [-0.2, -0.15) is 0 Å². The number of carbonyl (C=O) groups is 1. The average molecular weight is 281 g/mol. The van der Waals surface area contributed by atoms with Gasteiger partial charge in [0.25, 0.3) is 0 Å². The predicted octanol–water partition coefficient (Wildman–Crippen LogP) is 1.96. The maximum atomic E-state index is 14.5. The molecule has 1 fully saturated rings. The summed E-state index contributed by atoms with van der Waals surface area (Å²) in [5.41, 5.74) is 0.648. The van der Waals surface area contributed by atoms with Gasteiger partial charge in [0.05, 0.1) is 5.69 Å². The maximum absolute atomic E-state index is 14.5. The summed E-state index contributed by atoms with van der Waals surface area (Å²) in [6.07, 6.45) is 1.30. The van der Waals surface area contributed by atoms with Gasteiger partial charge in [-0.1, -0.05) is 6.07 Å². The van der Waals surface area contributed by atoms with Gasteiger partial charge < -0.3 is 15.3 Å². The highest BCUT2D eigenvalue weighted by Gasteiger charge is 2.35. The van der Waals surface area contributed by atoms with E-state index in [9.17, 15) is 9.18 Å². The lowest BCUT2D eigenvalue weighted by molar-refractivity contribution is 0.0567. The molecular weight excluding hydrogens is 261 g/mol. The standard InChI is InChI=1S/C14H20FN3O2/c1-11-2-3-12(17-8-11)9-16-10-14(15)4-6-18(7-5-14)13(19)20/h2-3,8,16H,4-7,9-10H2,1H3,(H,19,20). The first-order chi connectivity index (χ1) is 9.48. The number of halogens is 1. The van der Waals surface area contributed by atoms with E-state index in [0.29, 0.717) is 6.54 Å². The van der Waals surface area contributed by atoms with Gasteiger partial charge in [0.2, 0.25) is 0 Å². The van der Waals surface area contributed by atoms with Gasteiger partial charge >= 0.3 is 6.09 Å². The van der Waals surface area contributed by atoms with Crippen LogP contribution in [0.2, 0.25) is 0 Å². The zero-order valence-electron chi connectivity index (χ0n) is 11.6. The third kappa shape index (κ3) is 3.90. The number of rotatable bonds is 4. The van der Waals surface area contributed by atoms with E-state index >= 15 is 0 Å². The lowest BCUT2D eigenvalue weighted by Gasteiger charge is -2.35. The Bertz CT molecular complexity index is 456. The smallest absolute Gasteiger partial charge is 0.407 e. The molecule has 0 spiro atoms. The van der Waals surface area contributed by atoms with E-state index in [1.807, 2.05) is 19.1 Å². The van der Waals surface area contributed by atoms with Crippen molar-refractivity contribution in [1.82, 2.24) is 15.2 Å². The maximum Gasteiger partial charge on any atom is 0.407 e. The van der Waals surface area contributed by atoms with Crippen molar-refractivity contribution < 1.29 is 14.3 Å². The summed E-state index contributed by atoms with van der Waals surface area (Å²) < 4.78 is 14.5. The van der Waals surface area contributed by atoms with E-state index in [0.717, 1.165) is 11.3 Å². The number of pyridine rings is 1. The Balaban J connectivity index is 1.76. The van der Waals surface area contributed by atoms with Crippen LogP contribution >= 0.6 is 0 Å². The Kier molecular flexibility index (Phi) is 4.54. The minimum atomic E-state index is -1.32. The molecule has 0 unspecified atom stereocenters. The number of piperidine rings is 1. The van der Waals surface area contributed by atoms with Crippen molar-refractivity contribution in [2.24, 2.45) is 0 Å². The molecule has 0 saturated carbocycles. The van der Waals surface area contributed by atoms with Crippen LogP contribution in [0.3, 0.4) is 0 Å². The summed E-state index contributed by atoms with van der Waals surface area (Å²) in [4.78, 5) is 16.3. The van der Waals surface area contributed by atoms with E-state index < -0.39 is 11.8 Å². The van der Waals surface area contributed by atoms with Gasteiger partial charge in [-0.05, 0) is 18.6 Å². The number of nitrogens with one attached hydrogen (secondary N) is 1. The molecule has 1 aromatic rings. The fourth-order valence-electron chi connectivity index (χ4n) is 2.29. The summed E-state index contributed by atoms with van der Waals surface area (Å²) in [5.74, 6) is 0. The van der Waals surface area contributed by atoms with E-state index in [1.54, 1.807) is 6.20 Å². The summed E-state index contributed by atoms with van der Waals surface area (Å²) >= 11 is 0. The number of aryl methyl sites for hydroxylation is 1. The molecule has 1 amide bonds. The first kappa shape index (κ1) is 14.7. The number of alkyl halides is 1. The number of carboxylic acid groups (broad SMARTS) is 1. The molecule has 1 aromatic heterocycles. The molecule has 1 aliphatic heterocycles. The molecule has 110 valence electrons. The number of amides is 1. The van der Waals surface area contributed by atoms with Crippen LogP contribution < -0.4 is 5.32 Å². The molecule has 0 aliphatic carbocycles. The highest BCUT2D eigenvalue weighted by molar-refractivity contribution is 5.65. The van der Waals surface area contributed by atoms with Crippen molar-refractivity contribution in [2.45, 2.75) is 32.0 Å². The molecule has 6 heteroatoms. The number of likely N-dealkylation sites (tertiary alicyclic amines) is 1. The third-order valence-electron chi connectivity index (χ3n) is 3.65. The van der Waals surface area contributed by atoms with Gasteiger partial charge in [-0.15, -0.1) is 0 Å². The number of hydrogen-bond donors (Lipinski definition) is 2. The highest BCUT2D eigenvalue weighted by atomic mass is 19.1. The number of nitrogens with zero attached hydrogens (tertiary/aromatic N) is 2. The van der Waals surface area contributed by atoms with Crippen LogP contribution in [0.1, 0.15) is 24.1 Å². The second-order valence-electron chi connectivity index (χ2n) is 5.35. The van der Waals surface area contributed by atoms with E-state index in [4.69, 9.17) is 5.11 Å². The largest absolute Gasteiger partial charge is 0.465 e. The van der Waals surface area contributed by atoms with Gasteiger partial charge in [0.1, 0.15) is 5.67 Å². The van der Waals surface area contributed by atoms with Crippen LogP contribution in [-0.4, -0.2) is 46.4 Å². The minimum absolute atomic E-state index is 0.232. The number of aromatic nitrogens is 1. The van der Waals surface area contributed by atoms with Crippen LogP contribution in [0.25, 0.3) is 0 Å². The molecular formula is C14H20FN3O2. The van der Waals surface area contributed by atoms with Crippen molar-refractivity contribution in [3.8, 4) is 0 Å². The molecule has 0 atom stereocenters. The van der Waals surface area contributed by atoms with Crippen molar-refractivity contribution in [3.63, 3.8) is 0 Å². The Morgan fingerprint density at radius 3 is 2.75 bits per heavy atom. The van der Waals surface area contributed by atoms with E-state index in [2.05, 4.69) is 10.3 Å². The van der Waals surface area contributed by atoms with E-state index in [-0.39, 0.29) is 32.5 Å². The van der Waals surface area contributed by atoms with Gasteiger partial charge in [0, 0.05) is 45.2 Å². The van der Waals surface area contributed by atoms with Gasteiger partial charge in [0.15, 0.2) is 0 Å². The van der Waals surface area contributed by atoms with Crippen molar-refractivity contribution in [3.05, 3.63) is 29.6 Å². The molecule has 1 saturated heterocycles. The molecule has 0 radical (unpaired) electrons. The molecule has 0 aromatic carbocycles. The fourth-order valence-corrected chi connectivity index (χ4v) is 2.29. The first-order valence-electron chi connectivity index (χ1n) is 6.78. The van der Waals surface area contributed by atoms with Crippen molar-refractivity contribution in [1.29, 1.82) is 0 Å². The Labute approximate surface area is 117 Å². The van der Waals surface area contributed by atoms with Crippen LogP contribution in [-0.2, 0) is 6.54 Å². The second kappa shape index (κ2) is 6.17. The Morgan fingerprint density at radius 2 is 2.20 bits per heavy atom. The molecule has 2 rings (SSSR count). The molecule has 1 aliphatic rings. The van der Waals surface area contributed by atoms with Crippen LogP contribution in [0.4, 0.5) is 9.18 Å². The number of hydrogen-bond acceptors (Lipinski definition) is 3. The zero-order valence-corrected chi connectivity index (χ0v) is 11.6. The SMILES string of the molecule is Cc1ccc(CNCC2(F)CCN(C(=O)O)CC2)nc1. The molecule has 5 nitrogen and oxygen atoms in total. The summed E-state index contributed by atoms with van der Waals surface area (Å²) in [7, 11) is 0. The van der Waals surface area contributed by atoms with Crippen molar-refractivity contribution in [2.75, 3.05) is 19.6 Å². The van der Waals surface area contributed by atoms with Gasteiger partial charge in [-0.25, -0.2) is 9.18 Å². The van der Waals surface area contributed by atoms with E-state index in [1.165, 1.54) is 4.90 Å². The zero-order chi connectivity index (χ0) is 14.6. The molecule has 20 heavy (non-hydrogen) atoms. The predicted molar refractivity (Wildman–Crippen MR) is 73.4 cm³/mol. The second-order valence-corrected chi connectivity index (χ2v) is 5.35. The summed E-state index contributed by atoms with van der Waals surface area (Å²) in [6.45, 7) is 3.24. The van der Waals surface area contributed by atoms with Crippen molar-refractivity contribution >= 4 is 6.09 Å². The summed E-state index contributed by atoms with van der Waals surface area (Å²) in [6, 6.07) is 3.89. The summed E-state index contributed by atoms with van der Waals surface area (Å²) in [5, 5.41) is 11.9. The quantitative estimate of drug-likeness (QED) is 0.885. The third-order valence-corrected chi connectivity index (χ3v) is 3.65. The van der Waals surface area contributed by atoms with Crippen LogP contribution in [0.5, 0.6) is 0 Å². The molecule has 0 bridgehead atoms. The first-order valence-corrected chi connectivity index (χ1v) is 6.78. The minimum Gasteiger partial charge on any atom is -0.465 e. The van der Waals surface area contributed by atoms with Crippen LogP contribution in [0, 0.1) is 6.92 Å². The molecule has 2 N–H and O–H groups in total. The highest BCUT2D eigenvalue weighted by Crippen LogP contribution is 2.25. The topological polar surface area (TPSA) is 65.5 Å². The average Bonchev–Trinajstić information content (AvgIpc) is 2.41. The Morgan fingerprint density at radius 1 is 1.50 bits per heavy atom. The molecule has 2 heterocycles. The lowest BCUT2D eigenvalue weighted by atomic mass is 9.93. The Hall–Kier alpha value is -1.69. The lowest BCUT2D eigenvalue weighted by Crippen LogP contribution is -2.48. The van der Waals surface area contributed by atoms with Gasteiger partial charge in [-0.3, -0.25) is 4.98 Å². The fraction of sp³-hybridized carbons (Fsp3) is 0.571. The normalized spacial score (nSPS) is 18.0. The van der Waals surface area contributed by atoms with Crippen LogP contribution in [0.15, 0.2) is 18.3 Å². The monoisotopic (exact) mass is 281 g/mol.